The summed E-state index contributed by atoms with van der Waals surface area (Å²) in [4.78, 5) is 11.4. The largest absolute Gasteiger partial charge is 0.384 e. The van der Waals surface area contributed by atoms with Crippen LogP contribution in [0.4, 0.5) is 5.69 Å². The Kier molecular flexibility index (Phi) is 10.7. The summed E-state index contributed by atoms with van der Waals surface area (Å²) < 4.78 is 5.41. The molecule has 0 atom stereocenters. The summed E-state index contributed by atoms with van der Waals surface area (Å²) in [7, 11) is 0. The molecule has 6 heteroatoms. The third-order valence-electron chi connectivity index (χ3n) is 4.52. The van der Waals surface area contributed by atoms with Crippen LogP contribution in [0.2, 0.25) is 0 Å². The van der Waals surface area contributed by atoms with Crippen molar-refractivity contribution in [3.63, 3.8) is 0 Å². The van der Waals surface area contributed by atoms with Gasteiger partial charge in [-0.05, 0) is 36.3 Å². The molecule has 3 aromatic rings. The van der Waals surface area contributed by atoms with Crippen LogP contribution in [0.1, 0.15) is 19.5 Å². The van der Waals surface area contributed by atoms with Gasteiger partial charge in [0.05, 0.1) is 24.4 Å². The third-order valence-corrected chi connectivity index (χ3v) is 4.52. The number of terminal acetylenes is 1. The van der Waals surface area contributed by atoms with Gasteiger partial charge in [0, 0.05) is 35.9 Å². The molecule has 2 aromatic heterocycles. The number of benzene rings is 1. The number of nitrogens with zero attached hydrogens (tertiary/aromatic N) is 3. The third kappa shape index (κ3) is 6.80. The highest BCUT2D eigenvalue weighted by Gasteiger charge is 2.12. The van der Waals surface area contributed by atoms with Gasteiger partial charge in [0.25, 0.3) is 0 Å². The van der Waals surface area contributed by atoms with Crippen LogP contribution < -0.4 is 4.90 Å². The van der Waals surface area contributed by atoms with E-state index in [0.29, 0.717) is 5.69 Å². The zero-order chi connectivity index (χ0) is 23.2. The second-order valence-electron chi connectivity index (χ2n) is 6.39. The fraction of sp³-hybridized carbons (Fsp3) is 0.308. The second-order valence-corrected chi connectivity index (χ2v) is 6.39. The van der Waals surface area contributed by atoms with E-state index < -0.39 is 0 Å². The minimum absolute atomic E-state index is 0.153. The van der Waals surface area contributed by atoms with Gasteiger partial charge in [-0.1, -0.05) is 37.8 Å². The molecule has 2 N–H and O–H groups in total. The number of ether oxygens (including phenoxy) is 1. The Hall–Kier alpha value is -3.42. The molecule has 1 aliphatic heterocycles. The molecule has 0 bridgehead atoms. The first-order valence-corrected chi connectivity index (χ1v) is 10.6. The average molecular weight is 432 g/mol. The van der Waals surface area contributed by atoms with Gasteiger partial charge in [-0.25, -0.2) is 4.98 Å². The molecule has 1 aliphatic rings. The number of anilines is 1. The van der Waals surface area contributed by atoms with E-state index in [1.807, 2.05) is 38.0 Å². The van der Waals surface area contributed by atoms with Crippen LogP contribution in [-0.2, 0) is 4.74 Å². The molecule has 0 aliphatic carbocycles. The SMILES string of the molecule is C#CCO.CC.OCC#Cc1nc(-c2ccc(N3CCOCC3)cc2)cc2ncccc12. The predicted octanol–water partition coefficient (Wildman–Crippen LogP) is 3.12. The number of rotatable bonds is 2. The van der Waals surface area contributed by atoms with Gasteiger partial charge in [0.2, 0.25) is 0 Å². The Morgan fingerprint density at radius 1 is 1.06 bits per heavy atom. The summed E-state index contributed by atoms with van der Waals surface area (Å²) in [6.07, 6.45) is 6.29. The van der Waals surface area contributed by atoms with Gasteiger partial charge >= 0.3 is 0 Å². The molecule has 1 fully saturated rings. The summed E-state index contributed by atoms with van der Waals surface area (Å²) in [6.45, 7) is 7.03. The maximum atomic E-state index is 9.01. The lowest BCUT2D eigenvalue weighted by Crippen LogP contribution is -2.36. The van der Waals surface area contributed by atoms with E-state index in [0.717, 1.165) is 48.5 Å². The normalized spacial score (nSPS) is 12.3. The molecule has 0 amide bonds. The van der Waals surface area contributed by atoms with Crippen molar-refractivity contribution in [2.45, 2.75) is 13.8 Å². The average Bonchev–Trinajstić information content (AvgIpc) is 2.89. The quantitative estimate of drug-likeness (QED) is 0.607. The number of hydrogen-bond acceptors (Lipinski definition) is 6. The lowest BCUT2D eigenvalue weighted by molar-refractivity contribution is 0.122. The van der Waals surface area contributed by atoms with Crippen LogP contribution in [0.25, 0.3) is 22.2 Å². The second kappa shape index (κ2) is 13.8. The number of aliphatic hydroxyl groups excluding tert-OH is 2. The molecule has 1 saturated heterocycles. The van der Waals surface area contributed by atoms with E-state index in [9.17, 15) is 0 Å². The van der Waals surface area contributed by atoms with Crippen molar-refractivity contribution in [1.82, 2.24) is 9.97 Å². The molecule has 4 rings (SSSR count). The topological polar surface area (TPSA) is 78.7 Å². The molecule has 1 aromatic carbocycles. The van der Waals surface area contributed by atoms with Gasteiger partial charge in [-0.2, -0.15) is 0 Å². The van der Waals surface area contributed by atoms with Gasteiger partial charge < -0.3 is 19.8 Å². The van der Waals surface area contributed by atoms with Crippen LogP contribution >= 0.6 is 0 Å². The number of aliphatic hydroxyl groups is 2. The van der Waals surface area contributed by atoms with Gasteiger partial charge in [-0.3, -0.25) is 4.98 Å². The first kappa shape index (κ1) is 24.8. The van der Waals surface area contributed by atoms with Crippen molar-refractivity contribution < 1.29 is 14.9 Å². The fourth-order valence-electron chi connectivity index (χ4n) is 3.11. The standard InChI is InChI=1S/C21H19N3O2.C3H4O.C2H6/c25-12-2-4-19-18-3-1-9-22-21(18)15-20(23-19)16-5-7-17(8-6-16)24-10-13-26-14-11-24;1-2-3-4;1-2/h1,3,5-9,15,25H,10-14H2;1,4H,3H2;1-2H3. The zero-order valence-corrected chi connectivity index (χ0v) is 18.6. The summed E-state index contributed by atoms with van der Waals surface area (Å²) in [5, 5.41) is 17.5. The van der Waals surface area contributed by atoms with E-state index >= 15 is 0 Å². The zero-order valence-electron chi connectivity index (χ0n) is 18.6. The Morgan fingerprint density at radius 2 is 1.75 bits per heavy atom. The van der Waals surface area contributed by atoms with Gasteiger partial charge in [-0.15, -0.1) is 6.42 Å². The number of aromatic nitrogens is 2. The molecule has 3 heterocycles. The van der Waals surface area contributed by atoms with Crippen molar-refractivity contribution >= 4 is 16.6 Å². The molecular formula is C26H29N3O3. The Bertz CT molecular complexity index is 1070. The van der Waals surface area contributed by atoms with Crippen molar-refractivity contribution in [2.75, 3.05) is 44.4 Å². The monoisotopic (exact) mass is 431 g/mol. The van der Waals surface area contributed by atoms with Crippen LogP contribution in [-0.4, -0.2) is 59.7 Å². The Labute approximate surface area is 189 Å². The molecule has 6 nitrogen and oxygen atoms in total. The van der Waals surface area contributed by atoms with Crippen LogP contribution in [0.15, 0.2) is 48.7 Å². The minimum atomic E-state index is -0.193. The number of pyridine rings is 2. The highest BCUT2D eigenvalue weighted by molar-refractivity contribution is 5.87. The summed E-state index contributed by atoms with van der Waals surface area (Å²) >= 11 is 0. The van der Waals surface area contributed by atoms with Crippen molar-refractivity contribution in [1.29, 1.82) is 0 Å². The number of fused-ring (bicyclic) bond motifs is 1. The molecule has 0 saturated carbocycles. The van der Waals surface area contributed by atoms with Gasteiger partial charge in [0.15, 0.2) is 0 Å². The number of hydrogen-bond donors (Lipinski definition) is 2. The number of morpholine rings is 1. The van der Waals surface area contributed by atoms with E-state index in [1.165, 1.54) is 5.69 Å². The first-order valence-electron chi connectivity index (χ1n) is 10.6. The van der Waals surface area contributed by atoms with E-state index in [1.54, 1.807) is 6.20 Å². The summed E-state index contributed by atoms with van der Waals surface area (Å²) in [5.41, 5.74) is 4.51. The lowest BCUT2D eigenvalue weighted by Gasteiger charge is -2.28. The molecule has 0 radical (unpaired) electrons. The van der Waals surface area contributed by atoms with Crippen LogP contribution in [0, 0.1) is 24.2 Å². The summed E-state index contributed by atoms with van der Waals surface area (Å²) in [6, 6.07) is 14.2. The Morgan fingerprint density at radius 3 is 2.38 bits per heavy atom. The van der Waals surface area contributed by atoms with E-state index in [2.05, 4.69) is 52.4 Å². The smallest absolute Gasteiger partial charge is 0.123 e. The Balaban J connectivity index is 0.000000547. The molecule has 166 valence electrons. The van der Waals surface area contributed by atoms with Crippen molar-refractivity contribution in [3.8, 4) is 35.4 Å². The highest BCUT2D eigenvalue weighted by Crippen LogP contribution is 2.26. The highest BCUT2D eigenvalue weighted by atomic mass is 16.5. The van der Waals surface area contributed by atoms with Crippen LogP contribution in [0.3, 0.4) is 0 Å². The van der Waals surface area contributed by atoms with Crippen LogP contribution in [0.5, 0.6) is 0 Å². The van der Waals surface area contributed by atoms with Crippen molar-refractivity contribution in [3.05, 3.63) is 54.4 Å². The summed E-state index contributed by atoms with van der Waals surface area (Å²) in [5.74, 6) is 7.61. The molecule has 32 heavy (non-hydrogen) atoms. The molecule has 0 unspecified atom stereocenters. The molecule has 0 spiro atoms. The van der Waals surface area contributed by atoms with Gasteiger partial charge in [0.1, 0.15) is 18.9 Å². The van der Waals surface area contributed by atoms with Crippen molar-refractivity contribution in [2.24, 2.45) is 0 Å². The maximum Gasteiger partial charge on any atom is 0.123 e. The molecular weight excluding hydrogens is 402 g/mol. The lowest BCUT2D eigenvalue weighted by atomic mass is 10.1. The minimum Gasteiger partial charge on any atom is -0.384 e. The van der Waals surface area contributed by atoms with E-state index in [-0.39, 0.29) is 13.2 Å². The fourth-order valence-corrected chi connectivity index (χ4v) is 3.11. The van der Waals surface area contributed by atoms with E-state index in [4.69, 9.17) is 19.9 Å². The predicted molar refractivity (Wildman–Crippen MR) is 129 cm³/mol. The first-order chi connectivity index (χ1) is 15.8. The maximum absolute atomic E-state index is 9.01.